The first-order valence-corrected chi connectivity index (χ1v) is 6.58. The Morgan fingerprint density at radius 1 is 1.47 bits per heavy atom. The van der Waals surface area contributed by atoms with Crippen LogP contribution < -0.4 is 11.3 Å². The van der Waals surface area contributed by atoms with Crippen molar-refractivity contribution in [3.63, 3.8) is 0 Å². The van der Waals surface area contributed by atoms with Crippen molar-refractivity contribution in [1.82, 2.24) is 10.4 Å². The minimum absolute atomic E-state index is 0.232. The predicted molar refractivity (Wildman–Crippen MR) is 71.7 cm³/mol. The molecule has 2 aromatic heterocycles. The highest BCUT2D eigenvalue weighted by Gasteiger charge is 2.13. The number of nitrogens with zero attached hydrogens (tertiary/aromatic N) is 1. The van der Waals surface area contributed by atoms with Gasteiger partial charge >= 0.3 is 0 Å². The molecule has 1 atom stereocenters. The standard InChI is InChI=1S/C13H17N3S/c1-10-6-8-17-13(10)12(16-14)5-4-11-3-2-7-15-9-11/h2-3,6-9,12,16H,4-5,14H2,1H3. The van der Waals surface area contributed by atoms with Crippen LogP contribution in [0.2, 0.25) is 0 Å². The maximum absolute atomic E-state index is 5.64. The largest absolute Gasteiger partial charge is 0.271 e. The van der Waals surface area contributed by atoms with Crippen molar-refractivity contribution >= 4 is 11.3 Å². The van der Waals surface area contributed by atoms with Gasteiger partial charge in [0, 0.05) is 17.3 Å². The van der Waals surface area contributed by atoms with Crippen LogP contribution in [0.3, 0.4) is 0 Å². The zero-order valence-corrected chi connectivity index (χ0v) is 10.7. The molecular formula is C13H17N3S. The molecule has 0 radical (unpaired) electrons. The van der Waals surface area contributed by atoms with Crippen LogP contribution in [0.15, 0.2) is 36.0 Å². The van der Waals surface area contributed by atoms with Gasteiger partial charge in [0.1, 0.15) is 0 Å². The van der Waals surface area contributed by atoms with E-state index in [1.54, 1.807) is 17.5 Å². The van der Waals surface area contributed by atoms with Gasteiger partial charge in [-0.25, -0.2) is 0 Å². The van der Waals surface area contributed by atoms with E-state index < -0.39 is 0 Å². The zero-order chi connectivity index (χ0) is 12.1. The van der Waals surface area contributed by atoms with Crippen molar-refractivity contribution in [3.8, 4) is 0 Å². The minimum atomic E-state index is 0.232. The summed E-state index contributed by atoms with van der Waals surface area (Å²) >= 11 is 1.76. The molecule has 4 heteroatoms. The molecule has 0 aliphatic rings. The quantitative estimate of drug-likeness (QED) is 0.630. The van der Waals surface area contributed by atoms with Crippen LogP contribution >= 0.6 is 11.3 Å². The third kappa shape index (κ3) is 3.12. The van der Waals surface area contributed by atoms with Gasteiger partial charge in [-0.1, -0.05) is 6.07 Å². The molecule has 3 N–H and O–H groups in total. The Hall–Kier alpha value is -1.23. The number of aromatic nitrogens is 1. The number of hydrogen-bond acceptors (Lipinski definition) is 4. The lowest BCUT2D eigenvalue weighted by atomic mass is 10.0. The first kappa shape index (κ1) is 12.2. The number of aryl methyl sites for hydroxylation is 2. The van der Waals surface area contributed by atoms with E-state index >= 15 is 0 Å². The average molecular weight is 247 g/mol. The van der Waals surface area contributed by atoms with Crippen LogP contribution in [0.25, 0.3) is 0 Å². The smallest absolute Gasteiger partial charge is 0.0559 e. The van der Waals surface area contributed by atoms with Gasteiger partial charge in [0.2, 0.25) is 0 Å². The maximum Gasteiger partial charge on any atom is 0.0559 e. The fourth-order valence-electron chi connectivity index (χ4n) is 1.89. The van der Waals surface area contributed by atoms with Crippen molar-refractivity contribution in [2.75, 3.05) is 0 Å². The molecule has 2 rings (SSSR count). The van der Waals surface area contributed by atoms with E-state index in [-0.39, 0.29) is 6.04 Å². The summed E-state index contributed by atoms with van der Waals surface area (Å²) in [6, 6.07) is 6.43. The normalized spacial score (nSPS) is 12.6. The molecule has 0 amide bonds. The van der Waals surface area contributed by atoms with Gasteiger partial charge in [0.25, 0.3) is 0 Å². The minimum Gasteiger partial charge on any atom is -0.271 e. The Labute approximate surface area is 106 Å². The SMILES string of the molecule is Cc1ccsc1C(CCc1cccnc1)NN. The van der Waals surface area contributed by atoms with Gasteiger partial charge in [-0.05, 0) is 48.4 Å². The molecule has 90 valence electrons. The van der Waals surface area contributed by atoms with Crippen LogP contribution in [0.5, 0.6) is 0 Å². The second kappa shape index (κ2) is 5.91. The second-order valence-corrected chi connectivity index (χ2v) is 5.03. The maximum atomic E-state index is 5.64. The van der Waals surface area contributed by atoms with Crippen molar-refractivity contribution < 1.29 is 0 Å². The van der Waals surface area contributed by atoms with E-state index in [1.807, 2.05) is 12.3 Å². The fraction of sp³-hybridized carbons (Fsp3) is 0.308. The molecular weight excluding hydrogens is 230 g/mol. The monoisotopic (exact) mass is 247 g/mol. The van der Waals surface area contributed by atoms with E-state index in [2.05, 4.69) is 34.8 Å². The summed E-state index contributed by atoms with van der Waals surface area (Å²) in [5, 5.41) is 2.11. The van der Waals surface area contributed by atoms with Crippen molar-refractivity contribution in [3.05, 3.63) is 52.0 Å². The Kier molecular flexibility index (Phi) is 4.25. The van der Waals surface area contributed by atoms with Crippen molar-refractivity contribution in [2.24, 2.45) is 5.84 Å². The Balaban J connectivity index is 2.00. The third-order valence-electron chi connectivity index (χ3n) is 2.86. The number of pyridine rings is 1. The summed E-state index contributed by atoms with van der Waals surface area (Å²) in [4.78, 5) is 5.45. The van der Waals surface area contributed by atoms with Crippen LogP contribution in [-0.4, -0.2) is 4.98 Å². The van der Waals surface area contributed by atoms with Gasteiger partial charge in [0.05, 0.1) is 6.04 Å². The van der Waals surface area contributed by atoms with Crippen LogP contribution in [0.4, 0.5) is 0 Å². The van der Waals surface area contributed by atoms with Crippen LogP contribution in [-0.2, 0) is 6.42 Å². The first-order valence-electron chi connectivity index (χ1n) is 5.70. The molecule has 2 heterocycles. The summed E-state index contributed by atoms with van der Waals surface area (Å²) in [6.45, 7) is 2.13. The third-order valence-corrected chi connectivity index (χ3v) is 4.00. The zero-order valence-electron chi connectivity index (χ0n) is 9.89. The lowest BCUT2D eigenvalue weighted by Crippen LogP contribution is -2.28. The Morgan fingerprint density at radius 2 is 2.35 bits per heavy atom. The molecule has 3 nitrogen and oxygen atoms in total. The Bertz CT molecular complexity index is 453. The van der Waals surface area contributed by atoms with Gasteiger partial charge in [-0.2, -0.15) is 0 Å². The molecule has 0 aliphatic carbocycles. The van der Waals surface area contributed by atoms with Crippen molar-refractivity contribution in [1.29, 1.82) is 0 Å². The summed E-state index contributed by atoms with van der Waals surface area (Å²) in [7, 11) is 0. The van der Waals surface area contributed by atoms with Gasteiger partial charge in [-0.3, -0.25) is 16.3 Å². The van der Waals surface area contributed by atoms with Gasteiger partial charge in [0.15, 0.2) is 0 Å². The lowest BCUT2D eigenvalue weighted by molar-refractivity contribution is 0.522. The average Bonchev–Trinajstić information content (AvgIpc) is 2.78. The Morgan fingerprint density at radius 3 is 2.94 bits per heavy atom. The highest BCUT2D eigenvalue weighted by atomic mass is 32.1. The highest BCUT2D eigenvalue weighted by Crippen LogP contribution is 2.26. The van der Waals surface area contributed by atoms with E-state index in [1.165, 1.54) is 16.0 Å². The molecule has 0 spiro atoms. The number of rotatable bonds is 5. The fourth-order valence-corrected chi connectivity index (χ4v) is 2.91. The molecule has 2 aromatic rings. The predicted octanol–water partition coefficient (Wildman–Crippen LogP) is 2.59. The molecule has 0 aromatic carbocycles. The van der Waals surface area contributed by atoms with E-state index in [4.69, 9.17) is 5.84 Å². The molecule has 1 unspecified atom stereocenters. The summed E-state index contributed by atoms with van der Waals surface area (Å²) in [5.41, 5.74) is 5.47. The van der Waals surface area contributed by atoms with Crippen LogP contribution in [0.1, 0.15) is 28.5 Å². The molecule has 0 aliphatic heterocycles. The topological polar surface area (TPSA) is 50.9 Å². The number of hydrazine groups is 1. The molecule has 0 fully saturated rings. The summed E-state index contributed by atoms with van der Waals surface area (Å²) in [6.07, 6.45) is 5.68. The van der Waals surface area contributed by atoms with Gasteiger partial charge < -0.3 is 0 Å². The highest BCUT2D eigenvalue weighted by molar-refractivity contribution is 7.10. The van der Waals surface area contributed by atoms with E-state index in [0.717, 1.165) is 12.8 Å². The lowest BCUT2D eigenvalue weighted by Gasteiger charge is -2.15. The molecule has 0 saturated heterocycles. The number of nitrogens with two attached hydrogens (primary N) is 1. The molecule has 0 bridgehead atoms. The van der Waals surface area contributed by atoms with E-state index in [9.17, 15) is 0 Å². The number of thiophene rings is 1. The second-order valence-electron chi connectivity index (χ2n) is 4.09. The van der Waals surface area contributed by atoms with E-state index in [0.29, 0.717) is 0 Å². The van der Waals surface area contributed by atoms with Crippen molar-refractivity contribution in [2.45, 2.75) is 25.8 Å². The van der Waals surface area contributed by atoms with Gasteiger partial charge in [-0.15, -0.1) is 11.3 Å². The molecule has 17 heavy (non-hydrogen) atoms. The number of hydrogen-bond donors (Lipinski definition) is 2. The summed E-state index contributed by atoms with van der Waals surface area (Å²) < 4.78 is 0. The summed E-state index contributed by atoms with van der Waals surface area (Å²) in [5.74, 6) is 5.64. The number of nitrogens with one attached hydrogen (secondary N) is 1. The molecule has 0 saturated carbocycles. The van der Waals surface area contributed by atoms with Crippen LogP contribution in [0, 0.1) is 6.92 Å². The first-order chi connectivity index (χ1) is 8.31.